The van der Waals surface area contributed by atoms with Crippen molar-refractivity contribution in [3.8, 4) is 0 Å². The predicted octanol–water partition coefficient (Wildman–Crippen LogP) is 1.43. The first-order valence-electron chi connectivity index (χ1n) is 4.82. The van der Waals surface area contributed by atoms with Gasteiger partial charge in [-0.25, -0.2) is 0 Å². The van der Waals surface area contributed by atoms with E-state index >= 15 is 0 Å². The Morgan fingerprint density at radius 2 is 2.33 bits per heavy atom. The average Bonchev–Trinajstić information content (AvgIpc) is 2.67. The van der Waals surface area contributed by atoms with Crippen molar-refractivity contribution in [1.82, 2.24) is 7.96 Å². The molecule has 5 heteroatoms. The molecular formula is C10H11N3OSe. The van der Waals surface area contributed by atoms with Gasteiger partial charge in [0.2, 0.25) is 0 Å². The Hall–Kier alpha value is -1.19. The summed E-state index contributed by atoms with van der Waals surface area (Å²) < 4.78 is 8.55. The van der Waals surface area contributed by atoms with Crippen molar-refractivity contribution < 1.29 is 4.79 Å². The van der Waals surface area contributed by atoms with E-state index in [0.717, 1.165) is 23.1 Å². The van der Waals surface area contributed by atoms with Gasteiger partial charge in [-0.1, -0.05) is 0 Å². The van der Waals surface area contributed by atoms with Crippen LogP contribution in [0.3, 0.4) is 0 Å². The van der Waals surface area contributed by atoms with Gasteiger partial charge in [-0.05, 0) is 0 Å². The summed E-state index contributed by atoms with van der Waals surface area (Å²) in [5.74, 6) is 0.0421. The van der Waals surface area contributed by atoms with Gasteiger partial charge >= 0.3 is 93.6 Å². The molecule has 0 aliphatic rings. The Labute approximate surface area is 93.9 Å². The quantitative estimate of drug-likeness (QED) is 0.857. The molecule has 2 rings (SSSR count). The Morgan fingerprint density at radius 3 is 3.13 bits per heavy atom. The van der Waals surface area contributed by atoms with E-state index < -0.39 is 0 Å². The molecule has 0 bridgehead atoms. The summed E-state index contributed by atoms with van der Waals surface area (Å²) in [5.41, 5.74) is 2.51. The van der Waals surface area contributed by atoms with Gasteiger partial charge in [0.05, 0.1) is 0 Å². The van der Waals surface area contributed by atoms with E-state index in [1.54, 1.807) is 0 Å². The van der Waals surface area contributed by atoms with Gasteiger partial charge in [0.15, 0.2) is 0 Å². The topological polar surface area (TPSA) is 54.9 Å². The molecule has 1 heterocycles. The van der Waals surface area contributed by atoms with E-state index in [1.165, 1.54) is 0 Å². The Morgan fingerprint density at radius 1 is 1.47 bits per heavy atom. The van der Waals surface area contributed by atoms with E-state index in [0.29, 0.717) is 6.42 Å². The van der Waals surface area contributed by atoms with Gasteiger partial charge in [-0.3, -0.25) is 0 Å². The molecule has 0 aliphatic carbocycles. The SMILES string of the molecule is CCCC(=O)Nc1cccc2n[se]nc12. The zero-order chi connectivity index (χ0) is 10.7. The Balaban J connectivity index is 2.27. The summed E-state index contributed by atoms with van der Waals surface area (Å²) in [6, 6.07) is 5.68. The molecule has 0 fully saturated rings. The van der Waals surface area contributed by atoms with Crippen molar-refractivity contribution in [2.75, 3.05) is 5.32 Å². The first-order valence-corrected chi connectivity index (χ1v) is 6.35. The van der Waals surface area contributed by atoms with Gasteiger partial charge in [0, 0.05) is 0 Å². The third-order valence-corrected chi connectivity index (χ3v) is 3.18. The second-order valence-corrected chi connectivity index (χ2v) is 4.34. The van der Waals surface area contributed by atoms with Crippen LogP contribution in [0.15, 0.2) is 18.2 Å². The van der Waals surface area contributed by atoms with E-state index in [2.05, 4.69) is 13.3 Å². The van der Waals surface area contributed by atoms with Gasteiger partial charge < -0.3 is 0 Å². The normalized spacial score (nSPS) is 10.5. The predicted molar refractivity (Wildman–Crippen MR) is 60.0 cm³/mol. The van der Waals surface area contributed by atoms with Crippen LogP contribution in [-0.2, 0) is 4.79 Å². The van der Waals surface area contributed by atoms with E-state index in [-0.39, 0.29) is 20.9 Å². The van der Waals surface area contributed by atoms with Crippen LogP contribution in [0.2, 0.25) is 0 Å². The minimum absolute atomic E-state index is 0.0421. The van der Waals surface area contributed by atoms with Crippen molar-refractivity contribution in [3.05, 3.63) is 18.2 Å². The van der Waals surface area contributed by atoms with Crippen LogP contribution >= 0.6 is 0 Å². The molecule has 0 spiro atoms. The molecule has 0 saturated heterocycles. The van der Waals surface area contributed by atoms with Gasteiger partial charge in [-0.15, -0.1) is 0 Å². The van der Waals surface area contributed by atoms with Crippen molar-refractivity contribution in [3.63, 3.8) is 0 Å². The maximum absolute atomic E-state index is 11.4. The third-order valence-electron chi connectivity index (χ3n) is 2.04. The molecule has 15 heavy (non-hydrogen) atoms. The van der Waals surface area contributed by atoms with Crippen LogP contribution < -0.4 is 5.32 Å². The molecule has 0 radical (unpaired) electrons. The standard InChI is InChI=1S/C10H11N3OSe/c1-2-4-9(14)11-7-5-3-6-8-10(7)13-15-12-8/h3,5-6H,2,4H2,1H3,(H,11,14). The molecule has 0 aliphatic heterocycles. The Bertz CT molecular complexity index is 480. The van der Waals surface area contributed by atoms with E-state index in [4.69, 9.17) is 0 Å². The molecule has 2 aromatic rings. The molecule has 1 N–H and O–H groups in total. The summed E-state index contributed by atoms with van der Waals surface area (Å²) in [6.45, 7) is 1.98. The second-order valence-electron chi connectivity index (χ2n) is 3.24. The number of carbonyl (C=O) groups is 1. The fraction of sp³-hybridized carbons (Fsp3) is 0.300. The van der Waals surface area contributed by atoms with Crippen molar-refractivity contribution >= 4 is 37.6 Å². The number of carbonyl (C=O) groups excluding carboxylic acids is 1. The zero-order valence-electron chi connectivity index (χ0n) is 8.36. The number of hydrogen-bond acceptors (Lipinski definition) is 3. The van der Waals surface area contributed by atoms with Gasteiger partial charge in [0.25, 0.3) is 0 Å². The van der Waals surface area contributed by atoms with Crippen LogP contribution in [-0.4, -0.2) is 28.8 Å². The number of aromatic nitrogens is 2. The molecule has 0 saturated carbocycles. The van der Waals surface area contributed by atoms with Crippen LogP contribution in [0.5, 0.6) is 0 Å². The third kappa shape index (κ3) is 2.25. The number of benzene rings is 1. The number of nitrogens with zero attached hydrogens (tertiary/aromatic N) is 2. The van der Waals surface area contributed by atoms with E-state index in [9.17, 15) is 4.79 Å². The van der Waals surface area contributed by atoms with Crippen molar-refractivity contribution in [2.45, 2.75) is 19.8 Å². The second kappa shape index (κ2) is 4.55. The fourth-order valence-corrected chi connectivity index (χ4v) is 2.50. The zero-order valence-corrected chi connectivity index (χ0v) is 10.1. The molecule has 1 amide bonds. The molecule has 78 valence electrons. The molecule has 4 nitrogen and oxygen atoms in total. The summed E-state index contributed by atoms with van der Waals surface area (Å²) in [5, 5.41) is 2.86. The summed E-state index contributed by atoms with van der Waals surface area (Å²) in [7, 11) is 0. The first-order chi connectivity index (χ1) is 7.31. The van der Waals surface area contributed by atoms with Crippen molar-refractivity contribution in [2.24, 2.45) is 0 Å². The minimum atomic E-state index is -0.0477. The van der Waals surface area contributed by atoms with Crippen LogP contribution in [0.4, 0.5) is 5.69 Å². The summed E-state index contributed by atoms with van der Waals surface area (Å²) in [6.07, 6.45) is 1.40. The molecule has 1 aromatic heterocycles. The number of anilines is 1. The molecule has 1 aromatic carbocycles. The number of hydrogen-bond donors (Lipinski definition) is 1. The number of fused-ring (bicyclic) bond motifs is 1. The summed E-state index contributed by atoms with van der Waals surface area (Å²) in [4.78, 5) is 11.4. The fourth-order valence-electron chi connectivity index (χ4n) is 1.35. The van der Waals surface area contributed by atoms with E-state index in [1.807, 2.05) is 25.1 Å². The molecule has 0 unspecified atom stereocenters. The van der Waals surface area contributed by atoms with Gasteiger partial charge in [0.1, 0.15) is 0 Å². The number of rotatable bonds is 3. The Kier molecular flexibility index (Phi) is 3.14. The molecule has 0 atom stereocenters. The number of amides is 1. The average molecular weight is 268 g/mol. The maximum atomic E-state index is 11.4. The first kappa shape index (κ1) is 10.3. The monoisotopic (exact) mass is 269 g/mol. The van der Waals surface area contributed by atoms with Crippen LogP contribution in [0, 0.1) is 0 Å². The van der Waals surface area contributed by atoms with Crippen LogP contribution in [0.25, 0.3) is 11.0 Å². The number of nitrogens with one attached hydrogen (secondary N) is 1. The van der Waals surface area contributed by atoms with Gasteiger partial charge in [-0.2, -0.15) is 0 Å². The van der Waals surface area contributed by atoms with Crippen LogP contribution in [0.1, 0.15) is 19.8 Å². The summed E-state index contributed by atoms with van der Waals surface area (Å²) >= 11 is -0.0477. The molecular weight excluding hydrogens is 257 g/mol. The van der Waals surface area contributed by atoms with Crippen molar-refractivity contribution in [1.29, 1.82) is 0 Å².